The van der Waals surface area contributed by atoms with Crippen LogP contribution in [0.1, 0.15) is 24.6 Å². The van der Waals surface area contributed by atoms with E-state index in [-0.39, 0.29) is 5.91 Å². The highest BCUT2D eigenvalue weighted by Crippen LogP contribution is 2.39. The summed E-state index contributed by atoms with van der Waals surface area (Å²) in [5.74, 6) is 2.43. The summed E-state index contributed by atoms with van der Waals surface area (Å²) in [5, 5.41) is 0.512. The minimum Gasteiger partial charge on any atom is -0.353 e. The van der Waals surface area contributed by atoms with E-state index in [4.69, 9.17) is 11.6 Å². The van der Waals surface area contributed by atoms with Crippen LogP contribution in [0.15, 0.2) is 6.07 Å². The van der Waals surface area contributed by atoms with Gasteiger partial charge in [0.05, 0.1) is 6.54 Å². The van der Waals surface area contributed by atoms with Gasteiger partial charge >= 0.3 is 0 Å². The summed E-state index contributed by atoms with van der Waals surface area (Å²) in [5.41, 5.74) is 0. The summed E-state index contributed by atoms with van der Waals surface area (Å²) in [6.07, 6.45) is 2.32. The topological polar surface area (TPSA) is 52.6 Å². The van der Waals surface area contributed by atoms with Crippen LogP contribution in [-0.4, -0.2) is 72.5 Å². The van der Waals surface area contributed by atoms with Crippen molar-refractivity contribution in [3.8, 4) is 0 Å². The van der Waals surface area contributed by atoms with E-state index in [2.05, 4.69) is 14.9 Å². The van der Waals surface area contributed by atoms with Gasteiger partial charge in [0, 0.05) is 38.2 Å². The number of aromatic nitrogens is 2. The van der Waals surface area contributed by atoms with Gasteiger partial charge < -0.3 is 14.7 Å². The van der Waals surface area contributed by atoms with Crippen LogP contribution in [0.4, 0.5) is 5.82 Å². The molecule has 0 atom stereocenters. The Labute approximate surface area is 136 Å². The number of carbonyl (C=O) groups excluding carboxylic acids is 1. The maximum absolute atomic E-state index is 12.1. The summed E-state index contributed by atoms with van der Waals surface area (Å²) in [4.78, 5) is 27.1. The Balaban J connectivity index is 1.62. The Morgan fingerprint density at radius 2 is 1.95 bits per heavy atom. The fraction of sp³-hybridized carbons (Fsp3) is 0.667. The summed E-state index contributed by atoms with van der Waals surface area (Å²) in [6.45, 7) is 3.50. The van der Waals surface area contributed by atoms with Crippen molar-refractivity contribution in [2.45, 2.75) is 18.8 Å². The summed E-state index contributed by atoms with van der Waals surface area (Å²) in [7, 11) is 3.83. The molecule has 2 aliphatic rings. The number of rotatable bonds is 4. The first kappa shape index (κ1) is 15.5. The molecule has 1 aromatic rings. The van der Waals surface area contributed by atoms with E-state index in [1.165, 1.54) is 0 Å². The molecular weight excluding hydrogens is 302 g/mol. The third-order valence-corrected chi connectivity index (χ3v) is 4.24. The molecular formula is C15H22ClN5O. The molecule has 2 fully saturated rings. The molecule has 1 aliphatic heterocycles. The molecule has 1 saturated heterocycles. The maximum atomic E-state index is 12.1. The van der Waals surface area contributed by atoms with E-state index >= 15 is 0 Å². The summed E-state index contributed by atoms with van der Waals surface area (Å²) < 4.78 is 0. The number of nitrogens with zero attached hydrogens (tertiary/aromatic N) is 5. The molecule has 0 spiro atoms. The predicted molar refractivity (Wildman–Crippen MR) is 86.4 cm³/mol. The van der Waals surface area contributed by atoms with Crippen LogP contribution in [-0.2, 0) is 4.79 Å². The molecule has 120 valence electrons. The number of piperazine rings is 1. The lowest BCUT2D eigenvalue weighted by atomic mass is 10.3. The van der Waals surface area contributed by atoms with Gasteiger partial charge in [-0.25, -0.2) is 9.97 Å². The fourth-order valence-electron chi connectivity index (χ4n) is 2.66. The van der Waals surface area contributed by atoms with Crippen molar-refractivity contribution in [2.75, 3.05) is 51.7 Å². The molecule has 0 aromatic carbocycles. The molecule has 3 rings (SSSR count). The molecule has 0 bridgehead atoms. The lowest BCUT2D eigenvalue weighted by molar-refractivity contribution is -0.132. The molecule has 1 amide bonds. The summed E-state index contributed by atoms with van der Waals surface area (Å²) >= 11 is 6.13. The van der Waals surface area contributed by atoms with Crippen LogP contribution in [0.2, 0.25) is 5.15 Å². The van der Waals surface area contributed by atoms with Crippen LogP contribution < -0.4 is 4.90 Å². The number of carbonyl (C=O) groups is 1. The van der Waals surface area contributed by atoms with Crippen molar-refractivity contribution in [2.24, 2.45) is 0 Å². The molecule has 0 N–H and O–H groups in total. The first-order chi connectivity index (χ1) is 10.5. The summed E-state index contributed by atoms with van der Waals surface area (Å²) in [6, 6.07) is 1.82. The largest absolute Gasteiger partial charge is 0.353 e. The van der Waals surface area contributed by atoms with E-state index in [1.54, 1.807) is 0 Å². The molecule has 2 heterocycles. The SMILES string of the molecule is CN(C)CC(=O)N1CCN(c2cc(Cl)nc(C3CC3)n2)CC1. The molecule has 1 aliphatic carbocycles. The highest BCUT2D eigenvalue weighted by atomic mass is 35.5. The van der Waals surface area contributed by atoms with Crippen molar-refractivity contribution in [1.82, 2.24) is 19.8 Å². The lowest BCUT2D eigenvalue weighted by Crippen LogP contribution is -2.51. The predicted octanol–water partition coefficient (Wildman–Crippen LogP) is 1.22. The van der Waals surface area contributed by atoms with Crippen LogP contribution >= 0.6 is 11.6 Å². The van der Waals surface area contributed by atoms with Crippen molar-refractivity contribution < 1.29 is 4.79 Å². The molecule has 0 radical (unpaired) electrons. The van der Waals surface area contributed by atoms with Gasteiger partial charge in [0.25, 0.3) is 0 Å². The Morgan fingerprint density at radius 1 is 1.27 bits per heavy atom. The van der Waals surface area contributed by atoms with Crippen molar-refractivity contribution in [1.29, 1.82) is 0 Å². The van der Waals surface area contributed by atoms with Crippen molar-refractivity contribution in [3.63, 3.8) is 0 Å². The average molecular weight is 324 g/mol. The Hall–Kier alpha value is -1.40. The zero-order chi connectivity index (χ0) is 15.7. The normalized spacial score (nSPS) is 18.9. The second kappa shape index (κ2) is 6.38. The van der Waals surface area contributed by atoms with E-state index in [0.29, 0.717) is 17.6 Å². The zero-order valence-corrected chi connectivity index (χ0v) is 13.9. The van der Waals surface area contributed by atoms with Gasteiger partial charge in [0.15, 0.2) is 0 Å². The number of likely N-dealkylation sites (N-methyl/N-ethyl adjacent to an activating group) is 1. The van der Waals surface area contributed by atoms with E-state index in [1.807, 2.05) is 30.0 Å². The second-order valence-corrected chi connectivity index (χ2v) is 6.67. The highest BCUT2D eigenvalue weighted by Gasteiger charge is 2.28. The maximum Gasteiger partial charge on any atom is 0.236 e. The van der Waals surface area contributed by atoms with Crippen LogP contribution in [0, 0.1) is 0 Å². The molecule has 6 nitrogen and oxygen atoms in total. The van der Waals surface area contributed by atoms with Gasteiger partial charge in [-0.2, -0.15) is 0 Å². The minimum atomic E-state index is 0.184. The van der Waals surface area contributed by atoms with Crippen molar-refractivity contribution >= 4 is 23.3 Å². The second-order valence-electron chi connectivity index (χ2n) is 6.29. The third kappa shape index (κ3) is 3.67. The van der Waals surface area contributed by atoms with Crippen molar-refractivity contribution in [3.05, 3.63) is 17.0 Å². The minimum absolute atomic E-state index is 0.184. The third-order valence-electron chi connectivity index (χ3n) is 4.05. The van der Waals surface area contributed by atoms with Gasteiger partial charge in [-0.05, 0) is 26.9 Å². The Bertz CT molecular complexity index is 553. The smallest absolute Gasteiger partial charge is 0.236 e. The quantitative estimate of drug-likeness (QED) is 0.780. The van der Waals surface area contributed by atoms with Crippen LogP contribution in [0.3, 0.4) is 0 Å². The lowest BCUT2D eigenvalue weighted by Gasteiger charge is -2.36. The zero-order valence-electron chi connectivity index (χ0n) is 13.1. The number of hydrogen-bond acceptors (Lipinski definition) is 5. The van der Waals surface area contributed by atoms with Crippen LogP contribution in [0.25, 0.3) is 0 Å². The fourth-order valence-corrected chi connectivity index (χ4v) is 2.85. The first-order valence-electron chi connectivity index (χ1n) is 7.75. The molecule has 22 heavy (non-hydrogen) atoms. The van der Waals surface area contributed by atoms with Gasteiger partial charge in [-0.3, -0.25) is 4.79 Å². The number of halogens is 1. The number of amides is 1. The first-order valence-corrected chi connectivity index (χ1v) is 8.12. The highest BCUT2D eigenvalue weighted by molar-refractivity contribution is 6.29. The van der Waals surface area contributed by atoms with E-state index < -0.39 is 0 Å². The molecule has 1 saturated carbocycles. The standard InChI is InChI=1S/C15H22ClN5O/c1-19(2)10-14(22)21-7-5-20(6-8-21)13-9-12(16)17-15(18-13)11-3-4-11/h9,11H,3-8,10H2,1-2H3. The van der Waals surface area contributed by atoms with E-state index in [0.717, 1.165) is 50.7 Å². The number of hydrogen-bond donors (Lipinski definition) is 0. The number of anilines is 1. The molecule has 0 unspecified atom stereocenters. The van der Waals surface area contributed by atoms with Gasteiger partial charge in [0.1, 0.15) is 16.8 Å². The van der Waals surface area contributed by atoms with E-state index in [9.17, 15) is 4.79 Å². The monoisotopic (exact) mass is 323 g/mol. The van der Waals surface area contributed by atoms with Gasteiger partial charge in [0.2, 0.25) is 5.91 Å². The average Bonchev–Trinajstić information content (AvgIpc) is 3.30. The molecule has 7 heteroatoms. The Kier molecular flexibility index (Phi) is 4.49. The Morgan fingerprint density at radius 3 is 2.55 bits per heavy atom. The van der Waals surface area contributed by atoms with Crippen LogP contribution in [0.5, 0.6) is 0 Å². The van der Waals surface area contributed by atoms with Gasteiger partial charge in [-0.1, -0.05) is 11.6 Å². The molecule has 1 aromatic heterocycles. The van der Waals surface area contributed by atoms with Gasteiger partial charge in [-0.15, -0.1) is 0 Å².